The lowest BCUT2D eigenvalue weighted by atomic mass is 10.3. The van der Waals surface area contributed by atoms with Gasteiger partial charge >= 0.3 is 5.97 Å². The van der Waals surface area contributed by atoms with E-state index in [4.69, 9.17) is 9.84 Å². The topological polar surface area (TPSA) is 92.7 Å². The van der Waals surface area contributed by atoms with Crippen LogP contribution in [0.15, 0.2) is 0 Å². The molecule has 0 aromatic carbocycles. The lowest BCUT2D eigenvalue weighted by molar-refractivity contribution is -0.135. The van der Waals surface area contributed by atoms with Crippen molar-refractivity contribution in [3.8, 4) is 0 Å². The Morgan fingerprint density at radius 3 is 2.79 bits per heavy atom. The van der Waals surface area contributed by atoms with Crippen molar-refractivity contribution in [2.75, 3.05) is 18.9 Å². The molecule has 1 aliphatic rings. The first kappa shape index (κ1) is 11.4. The third kappa shape index (κ3) is 4.03. The number of rotatable bonds is 5. The lowest BCUT2D eigenvalue weighted by Crippen LogP contribution is -2.35. The standard InChI is InChI=1S/C7H13NO5S/c9-7(10)4-8-14(11,12)5-6-2-1-3-13-6/h6,8H,1-5H2,(H,9,10). The van der Waals surface area contributed by atoms with Crippen LogP contribution in [0.4, 0.5) is 0 Å². The highest BCUT2D eigenvalue weighted by atomic mass is 32.2. The highest BCUT2D eigenvalue weighted by molar-refractivity contribution is 7.89. The van der Waals surface area contributed by atoms with Crippen molar-refractivity contribution in [1.29, 1.82) is 0 Å². The molecule has 0 saturated carbocycles. The average Bonchev–Trinajstić information content (AvgIpc) is 2.53. The van der Waals surface area contributed by atoms with Crippen LogP contribution in [0.5, 0.6) is 0 Å². The van der Waals surface area contributed by atoms with Gasteiger partial charge in [-0.2, -0.15) is 0 Å². The van der Waals surface area contributed by atoms with Gasteiger partial charge in [0.05, 0.1) is 11.9 Å². The van der Waals surface area contributed by atoms with Crippen LogP contribution in [0.3, 0.4) is 0 Å². The smallest absolute Gasteiger partial charge is 0.318 e. The molecule has 1 heterocycles. The number of carboxylic acids is 1. The molecule has 1 rings (SSSR count). The van der Waals surface area contributed by atoms with Crippen molar-refractivity contribution < 1.29 is 23.1 Å². The van der Waals surface area contributed by atoms with Crippen LogP contribution in [0.1, 0.15) is 12.8 Å². The van der Waals surface area contributed by atoms with Crippen LogP contribution in [-0.2, 0) is 19.6 Å². The van der Waals surface area contributed by atoms with Gasteiger partial charge in [0.15, 0.2) is 0 Å². The number of aliphatic carboxylic acids is 1. The van der Waals surface area contributed by atoms with E-state index in [0.717, 1.165) is 6.42 Å². The van der Waals surface area contributed by atoms with Crippen molar-refractivity contribution in [3.05, 3.63) is 0 Å². The third-order valence-corrected chi connectivity index (χ3v) is 3.27. The van der Waals surface area contributed by atoms with Crippen LogP contribution < -0.4 is 4.72 Å². The summed E-state index contributed by atoms with van der Waals surface area (Å²) < 4.78 is 29.6. The van der Waals surface area contributed by atoms with Gasteiger partial charge in [-0.05, 0) is 12.8 Å². The van der Waals surface area contributed by atoms with Crippen LogP contribution in [0.2, 0.25) is 0 Å². The van der Waals surface area contributed by atoms with E-state index in [2.05, 4.69) is 0 Å². The first-order valence-electron chi connectivity index (χ1n) is 4.30. The maximum atomic E-state index is 11.2. The molecule has 0 radical (unpaired) electrons. The molecule has 1 atom stereocenters. The third-order valence-electron chi connectivity index (χ3n) is 1.87. The summed E-state index contributed by atoms with van der Waals surface area (Å²) in [6.07, 6.45) is 1.29. The molecule has 0 amide bonds. The highest BCUT2D eigenvalue weighted by Gasteiger charge is 2.23. The summed E-state index contributed by atoms with van der Waals surface area (Å²) in [4.78, 5) is 10.1. The largest absolute Gasteiger partial charge is 0.480 e. The van der Waals surface area contributed by atoms with Gasteiger partial charge < -0.3 is 9.84 Å². The summed E-state index contributed by atoms with van der Waals surface area (Å²) in [5.74, 6) is -1.35. The molecular formula is C7H13NO5S. The van der Waals surface area contributed by atoms with E-state index >= 15 is 0 Å². The summed E-state index contributed by atoms with van der Waals surface area (Å²) in [7, 11) is -3.52. The first-order chi connectivity index (χ1) is 6.49. The number of carbonyl (C=O) groups is 1. The van der Waals surface area contributed by atoms with Crippen molar-refractivity contribution in [3.63, 3.8) is 0 Å². The zero-order chi connectivity index (χ0) is 10.6. The molecule has 6 nitrogen and oxygen atoms in total. The summed E-state index contributed by atoms with van der Waals surface area (Å²) in [6.45, 7) is 0.00811. The maximum Gasteiger partial charge on any atom is 0.318 e. The molecule has 2 N–H and O–H groups in total. The van der Waals surface area contributed by atoms with Gasteiger partial charge in [0.25, 0.3) is 0 Å². The second-order valence-corrected chi connectivity index (χ2v) is 4.98. The van der Waals surface area contributed by atoms with Crippen molar-refractivity contribution in [2.24, 2.45) is 0 Å². The number of ether oxygens (including phenoxy) is 1. The Morgan fingerprint density at radius 2 is 2.29 bits per heavy atom. The number of hydrogen-bond donors (Lipinski definition) is 2. The molecule has 0 aromatic rings. The monoisotopic (exact) mass is 223 g/mol. The summed E-state index contributed by atoms with van der Waals surface area (Å²) in [5.41, 5.74) is 0. The zero-order valence-corrected chi connectivity index (χ0v) is 8.42. The fourth-order valence-corrected chi connectivity index (χ4v) is 2.46. The number of hydrogen-bond acceptors (Lipinski definition) is 4. The molecule has 1 unspecified atom stereocenters. The van der Waals surface area contributed by atoms with Gasteiger partial charge in [0, 0.05) is 6.61 Å². The Hall–Kier alpha value is -0.660. The fourth-order valence-electron chi connectivity index (χ4n) is 1.25. The molecule has 82 valence electrons. The first-order valence-corrected chi connectivity index (χ1v) is 5.95. The van der Waals surface area contributed by atoms with Gasteiger partial charge in [-0.1, -0.05) is 0 Å². The quantitative estimate of drug-likeness (QED) is 0.634. The number of sulfonamides is 1. The van der Waals surface area contributed by atoms with Gasteiger partial charge in [-0.3, -0.25) is 4.79 Å². The molecule has 0 aliphatic carbocycles. The summed E-state index contributed by atoms with van der Waals surface area (Å²) in [5, 5.41) is 8.28. The predicted octanol–water partition coefficient (Wildman–Crippen LogP) is -0.831. The van der Waals surface area contributed by atoms with E-state index in [0.29, 0.717) is 13.0 Å². The van der Waals surface area contributed by atoms with Crippen LogP contribution in [-0.4, -0.2) is 44.5 Å². The molecule has 0 aromatic heterocycles. The van der Waals surface area contributed by atoms with Crippen LogP contribution in [0.25, 0.3) is 0 Å². The van der Waals surface area contributed by atoms with E-state index < -0.39 is 22.5 Å². The predicted molar refractivity (Wildman–Crippen MR) is 48.4 cm³/mol. The Labute approximate surface area is 82.3 Å². The van der Waals surface area contributed by atoms with Crippen molar-refractivity contribution in [1.82, 2.24) is 4.72 Å². The lowest BCUT2D eigenvalue weighted by Gasteiger charge is -2.09. The number of nitrogens with one attached hydrogen (secondary N) is 1. The second kappa shape index (κ2) is 4.72. The van der Waals surface area contributed by atoms with Crippen molar-refractivity contribution >= 4 is 16.0 Å². The molecular weight excluding hydrogens is 210 g/mol. The van der Waals surface area contributed by atoms with Gasteiger partial charge in [0.2, 0.25) is 10.0 Å². The van der Waals surface area contributed by atoms with Gasteiger partial charge in [-0.25, -0.2) is 13.1 Å². The zero-order valence-electron chi connectivity index (χ0n) is 7.60. The van der Waals surface area contributed by atoms with Crippen molar-refractivity contribution in [2.45, 2.75) is 18.9 Å². The van der Waals surface area contributed by atoms with Gasteiger partial charge in [0.1, 0.15) is 6.54 Å². The Morgan fingerprint density at radius 1 is 1.57 bits per heavy atom. The van der Waals surface area contributed by atoms with E-state index in [1.807, 2.05) is 4.72 Å². The van der Waals surface area contributed by atoms with E-state index in [1.54, 1.807) is 0 Å². The fraction of sp³-hybridized carbons (Fsp3) is 0.857. The minimum Gasteiger partial charge on any atom is -0.480 e. The van der Waals surface area contributed by atoms with Crippen LogP contribution in [0, 0.1) is 0 Å². The van der Waals surface area contributed by atoms with E-state index in [9.17, 15) is 13.2 Å². The van der Waals surface area contributed by atoms with E-state index in [-0.39, 0.29) is 11.9 Å². The minimum absolute atomic E-state index is 0.152. The Kier molecular flexibility index (Phi) is 3.85. The SMILES string of the molecule is O=C(O)CNS(=O)(=O)CC1CCCO1. The number of carboxylic acid groups (broad SMARTS) is 1. The molecule has 1 saturated heterocycles. The molecule has 0 spiro atoms. The van der Waals surface area contributed by atoms with E-state index in [1.165, 1.54) is 0 Å². The molecule has 0 bridgehead atoms. The molecule has 7 heteroatoms. The summed E-state index contributed by atoms with van der Waals surface area (Å²) in [6, 6.07) is 0. The highest BCUT2D eigenvalue weighted by Crippen LogP contribution is 2.13. The molecule has 1 aliphatic heterocycles. The van der Waals surface area contributed by atoms with Crippen LogP contribution >= 0.6 is 0 Å². The normalized spacial score (nSPS) is 22.4. The van der Waals surface area contributed by atoms with Gasteiger partial charge in [-0.15, -0.1) is 0 Å². The molecule has 1 fully saturated rings. The Bertz CT molecular complexity index is 293. The minimum atomic E-state index is -3.52. The Balaban J connectivity index is 2.36. The molecule has 14 heavy (non-hydrogen) atoms. The summed E-state index contributed by atoms with van der Waals surface area (Å²) >= 11 is 0. The average molecular weight is 223 g/mol. The second-order valence-electron chi connectivity index (χ2n) is 3.13. The maximum absolute atomic E-state index is 11.2.